The number of aromatic nitrogens is 2. The Morgan fingerprint density at radius 2 is 1.89 bits per heavy atom. The number of halogens is 1. The van der Waals surface area contributed by atoms with Crippen LogP contribution >= 0.6 is 11.8 Å². The fourth-order valence-corrected chi connectivity index (χ4v) is 4.65. The molecule has 1 aromatic heterocycles. The molecule has 0 saturated heterocycles. The number of carbonyl (C=O) groups is 1. The second-order valence-corrected chi connectivity index (χ2v) is 8.68. The summed E-state index contributed by atoms with van der Waals surface area (Å²) in [6.45, 7) is 3.54. The van der Waals surface area contributed by atoms with Crippen LogP contribution in [-0.4, -0.2) is 27.5 Å². The van der Waals surface area contributed by atoms with E-state index in [0.29, 0.717) is 28.0 Å². The number of non-ortho nitro benzene ring substituents is 1. The number of hydrogen-bond acceptors (Lipinski definition) is 8. The Labute approximate surface area is 203 Å². The van der Waals surface area contributed by atoms with Crippen LogP contribution in [0.15, 0.2) is 69.8 Å². The highest BCUT2D eigenvalue weighted by atomic mass is 32.2. The smallest absolute Gasteiger partial charge is 0.336 e. The molecule has 1 unspecified atom stereocenters. The van der Waals surface area contributed by atoms with Gasteiger partial charge in [0.05, 0.1) is 28.6 Å². The number of thioether (sulfide) groups is 1. The quantitative estimate of drug-likeness (QED) is 0.161. The number of H-pyrrole nitrogens is 1. The summed E-state index contributed by atoms with van der Waals surface area (Å²) in [6, 6.07) is 11.7. The molecule has 3 aromatic rings. The maximum atomic E-state index is 13.6. The van der Waals surface area contributed by atoms with E-state index in [1.54, 1.807) is 26.0 Å². The Kier molecular flexibility index (Phi) is 6.97. The van der Waals surface area contributed by atoms with Gasteiger partial charge in [-0.15, -0.1) is 0 Å². The van der Waals surface area contributed by atoms with Gasteiger partial charge in [0.2, 0.25) is 0 Å². The monoisotopic (exact) mass is 496 g/mol. The number of benzene rings is 2. The Hall–Kier alpha value is -3.99. The van der Waals surface area contributed by atoms with Gasteiger partial charge in [0.1, 0.15) is 11.6 Å². The first kappa shape index (κ1) is 24.1. The van der Waals surface area contributed by atoms with Crippen LogP contribution in [0, 0.1) is 15.9 Å². The van der Waals surface area contributed by atoms with Crippen LogP contribution in [0.25, 0.3) is 0 Å². The number of rotatable bonds is 7. The van der Waals surface area contributed by atoms with Crippen molar-refractivity contribution in [3.8, 4) is 0 Å². The van der Waals surface area contributed by atoms with Gasteiger partial charge in [-0.05, 0) is 37.1 Å². The molecule has 1 aliphatic rings. The van der Waals surface area contributed by atoms with E-state index in [0.717, 1.165) is 5.56 Å². The van der Waals surface area contributed by atoms with Crippen molar-refractivity contribution >= 4 is 29.2 Å². The molecule has 0 radical (unpaired) electrons. The maximum absolute atomic E-state index is 13.6. The lowest BCUT2D eigenvalue weighted by atomic mass is 9.82. The molecule has 0 fully saturated rings. The van der Waals surface area contributed by atoms with Crippen LogP contribution in [0.1, 0.15) is 36.5 Å². The van der Waals surface area contributed by atoms with Gasteiger partial charge in [0.25, 0.3) is 11.2 Å². The van der Waals surface area contributed by atoms with Crippen molar-refractivity contribution in [3.05, 3.63) is 103 Å². The highest BCUT2D eigenvalue weighted by Crippen LogP contribution is 2.40. The number of nitro groups is 1. The Morgan fingerprint density at radius 3 is 2.51 bits per heavy atom. The first-order valence-corrected chi connectivity index (χ1v) is 11.7. The van der Waals surface area contributed by atoms with Crippen LogP contribution in [0.3, 0.4) is 0 Å². The molecular formula is C24H21FN4O5S. The first-order valence-electron chi connectivity index (χ1n) is 10.7. The summed E-state index contributed by atoms with van der Waals surface area (Å²) < 4.78 is 18.8. The van der Waals surface area contributed by atoms with Crippen LogP contribution in [-0.2, 0) is 15.3 Å². The summed E-state index contributed by atoms with van der Waals surface area (Å²) in [4.78, 5) is 43.7. The fourth-order valence-electron chi connectivity index (χ4n) is 3.83. The number of nitrogens with one attached hydrogen (secondary N) is 2. The molecule has 0 aliphatic carbocycles. The molecule has 1 atom stereocenters. The topological polar surface area (TPSA) is 127 Å². The average molecular weight is 497 g/mol. The van der Waals surface area contributed by atoms with E-state index in [1.807, 2.05) is 0 Å². The highest BCUT2D eigenvalue weighted by Gasteiger charge is 2.36. The van der Waals surface area contributed by atoms with Crippen LogP contribution in [0.2, 0.25) is 0 Å². The molecule has 4 rings (SSSR count). The fraction of sp³-hybridized carbons (Fsp3) is 0.208. The molecule has 2 N–H and O–H groups in total. The van der Waals surface area contributed by atoms with Gasteiger partial charge in [-0.1, -0.05) is 36.0 Å². The minimum atomic E-state index is -0.795. The van der Waals surface area contributed by atoms with Crippen LogP contribution < -0.4 is 10.9 Å². The largest absolute Gasteiger partial charge is 0.463 e. The van der Waals surface area contributed by atoms with E-state index in [2.05, 4.69) is 15.3 Å². The summed E-state index contributed by atoms with van der Waals surface area (Å²) >= 11 is 1.26. The second-order valence-electron chi connectivity index (χ2n) is 7.71. The van der Waals surface area contributed by atoms with Crippen LogP contribution in [0.5, 0.6) is 0 Å². The minimum Gasteiger partial charge on any atom is -0.463 e. The van der Waals surface area contributed by atoms with Crippen molar-refractivity contribution in [2.45, 2.75) is 30.7 Å². The van der Waals surface area contributed by atoms with Crippen molar-refractivity contribution < 1.29 is 18.8 Å². The lowest BCUT2D eigenvalue weighted by Gasteiger charge is -2.28. The first-order chi connectivity index (χ1) is 16.8. The third kappa shape index (κ3) is 5.09. The molecule has 0 bridgehead atoms. The standard InChI is InChI=1S/C24H21FN4O5S/c1-3-34-23(31)18-13(2)26-21-20(19(18)15-6-8-16(25)9-7-15)22(30)28-24(27-21)35-12-14-4-10-17(11-5-14)29(32)33/h4-11,19H,3,12H2,1-2H3,(H2,26,27,28,30). The Morgan fingerprint density at radius 1 is 1.20 bits per heavy atom. The third-order valence-corrected chi connectivity index (χ3v) is 6.39. The van der Waals surface area contributed by atoms with Gasteiger partial charge in [-0.25, -0.2) is 14.2 Å². The number of carbonyl (C=O) groups excluding carboxylic acids is 1. The van der Waals surface area contributed by atoms with Gasteiger partial charge in [0.15, 0.2) is 5.16 Å². The molecule has 35 heavy (non-hydrogen) atoms. The number of allylic oxidation sites excluding steroid dienone is 1. The zero-order valence-corrected chi connectivity index (χ0v) is 19.6. The molecule has 0 saturated carbocycles. The summed E-state index contributed by atoms with van der Waals surface area (Å²) in [6.07, 6.45) is 0. The molecule has 0 spiro atoms. The van der Waals surface area contributed by atoms with Gasteiger partial charge in [-0.2, -0.15) is 0 Å². The Bertz CT molecular complexity index is 1370. The lowest BCUT2D eigenvalue weighted by Crippen LogP contribution is -2.31. The number of nitrogens with zero attached hydrogens (tertiary/aromatic N) is 2. The van der Waals surface area contributed by atoms with Crippen molar-refractivity contribution in [3.63, 3.8) is 0 Å². The highest BCUT2D eigenvalue weighted by molar-refractivity contribution is 7.98. The number of aromatic amines is 1. The molecule has 11 heteroatoms. The molecule has 1 aliphatic heterocycles. The van der Waals surface area contributed by atoms with E-state index in [9.17, 15) is 24.1 Å². The molecular weight excluding hydrogens is 475 g/mol. The minimum absolute atomic E-state index is 0.00485. The van der Waals surface area contributed by atoms with E-state index in [4.69, 9.17) is 4.74 Å². The third-order valence-electron chi connectivity index (χ3n) is 5.44. The molecule has 2 heterocycles. The zero-order valence-electron chi connectivity index (χ0n) is 18.8. The predicted molar refractivity (Wildman–Crippen MR) is 129 cm³/mol. The predicted octanol–water partition coefficient (Wildman–Crippen LogP) is 4.50. The van der Waals surface area contributed by atoms with Gasteiger partial charge >= 0.3 is 5.97 Å². The average Bonchev–Trinajstić information content (AvgIpc) is 2.82. The van der Waals surface area contributed by atoms with E-state index in [1.165, 1.54) is 48.2 Å². The normalized spacial score (nSPS) is 14.8. The molecule has 2 aromatic carbocycles. The number of nitro benzene ring substituents is 1. The second kappa shape index (κ2) is 10.1. The molecule has 9 nitrogen and oxygen atoms in total. The Balaban J connectivity index is 1.69. The van der Waals surface area contributed by atoms with E-state index < -0.39 is 28.2 Å². The number of hydrogen-bond donors (Lipinski definition) is 2. The van der Waals surface area contributed by atoms with Gasteiger partial charge in [-0.3, -0.25) is 14.9 Å². The number of esters is 1. The summed E-state index contributed by atoms with van der Waals surface area (Å²) in [5.74, 6) is -1.10. The number of anilines is 1. The summed E-state index contributed by atoms with van der Waals surface area (Å²) in [7, 11) is 0. The lowest BCUT2D eigenvalue weighted by molar-refractivity contribution is -0.384. The SMILES string of the molecule is CCOC(=O)C1=C(C)Nc2nc(SCc3ccc([N+](=O)[O-])cc3)[nH]c(=O)c2C1c1ccc(F)cc1. The van der Waals surface area contributed by atoms with E-state index >= 15 is 0 Å². The summed E-state index contributed by atoms with van der Waals surface area (Å²) in [5, 5.41) is 14.2. The van der Waals surface area contributed by atoms with Crippen molar-refractivity contribution in [2.75, 3.05) is 11.9 Å². The maximum Gasteiger partial charge on any atom is 0.336 e. The van der Waals surface area contributed by atoms with Crippen LogP contribution in [0.4, 0.5) is 15.9 Å². The van der Waals surface area contributed by atoms with Gasteiger partial charge in [0, 0.05) is 23.6 Å². The number of fused-ring (bicyclic) bond motifs is 1. The van der Waals surface area contributed by atoms with E-state index in [-0.39, 0.29) is 23.4 Å². The molecule has 180 valence electrons. The zero-order chi connectivity index (χ0) is 25.1. The van der Waals surface area contributed by atoms with Crippen molar-refractivity contribution in [2.24, 2.45) is 0 Å². The summed E-state index contributed by atoms with van der Waals surface area (Å²) in [5.41, 5.74) is 1.88. The number of ether oxygens (including phenoxy) is 1. The molecule has 0 amide bonds. The van der Waals surface area contributed by atoms with Crippen molar-refractivity contribution in [1.29, 1.82) is 0 Å². The van der Waals surface area contributed by atoms with Gasteiger partial charge < -0.3 is 15.0 Å². The van der Waals surface area contributed by atoms with Crippen molar-refractivity contribution in [1.82, 2.24) is 9.97 Å².